The molecular formula is C16H18O8S4Sb2. The van der Waals surface area contributed by atoms with Crippen LogP contribution >= 0.6 is 23.5 Å². The SMILES string of the molecule is [CH3][Sb]([CH3])(=[O])[c]1ccc(S(=O)(=O)O)c2c1Sc1[c]([Sb]([CH3])([CH3])=[O])ccc(S(=O)(=O)O)c1S2. The van der Waals surface area contributed by atoms with Gasteiger partial charge in [0.05, 0.1) is 0 Å². The molecule has 0 aliphatic carbocycles. The molecule has 2 aromatic rings. The normalized spacial score (nSPS) is 14.9. The van der Waals surface area contributed by atoms with Crippen molar-refractivity contribution in [2.45, 2.75) is 48.9 Å². The summed E-state index contributed by atoms with van der Waals surface area (Å²) in [6, 6.07) is 5.08. The van der Waals surface area contributed by atoms with Crippen molar-refractivity contribution in [1.82, 2.24) is 0 Å². The molecule has 0 saturated heterocycles. The Balaban J connectivity index is 2.47. The Morgan fingerprint density at radius 2 is 0.933 bits per heavy atom. The van der Waals surface area contributed by atoms with Crippen molar-refractivity contribution >= 4 is 88.4 Å². The molecule has 0 amide bonds. The van der Waals surface area contributed by atoms with Gasteiger partial charge in [-0.05, 0) is 0 Å². The molecule has 3 rings (SSSR count). The summed E-state index contributed by atoms with van der Waals surface area (Å²) in [5, 5.41) is 0. The van der Waals surface area contributed by atoms with Crippen LogP contribution in [0.4, 0.5) is 0 Å². The summed E-state index contributed by atoms with van der Waals surface area (Å²) >= 11 is -6.12. The molecular weight excluding hydrogens is 692 g/mol. The molecule has 0 unspecified atom stereocenters. The van der Waals surface area contributed by atoms with E-state index in [-0.39, 0.29) is 9.79 Å². The van der Waals surface area contributed by atoms with E-state index in [9.17, 15) is 32.0 Å². The van der Waals surface area contributed by atoms with Gasteiger partial charge in [0.15, 0.2) is 0 Å². The molecule has 1 heterocycles. The molecule has 8 nitrogen and oxygen atoms in total. The first kappa shape index (κ1) is 24.8. The zero-order valence-corrected chi connectivity index (χ0v) is 24.6. The Morgan fingerprint density at radius 1 is 0.633 bits per heavy atom. The second-order valence-corrected chi connectivity index (χ2v) is 30.3. The van der Waals surface area contributed by atoms with Crippen LogP contribution in [0, 0.1) is 0 Å². The van der Waals surface area contributed by atoms with Gasteiger partial charge in [-0.1, -0.05) is 0 Å². The first-order chi connectivity index (χ1) is 13.4. The minimum absolute atomic E-state index is 0.0326. The van der Waals surface area contributed by atoms with E-state index in [1.54, 1.807) is 19.5 Å². The molecule has 164 valence electrons. The summed E-state index contributed by atoms with van der Waals surface area (Å²) in [7, 11) is -9.34. The Labute approximate surface area is 191 Å². The molecule has 2 N–H and O–H groups in total. The zero-order chi connectivity index (χ0) is 22.9. The fraction of sp³-hybridized carbons (Fsp3) is 0.250. The third-order valence-corrected chi connectivity index (χ3v) is 18.7. The molecule has 1 aliphatic heterocycles. The minimum atomic E-state index is -4.67. The van der Waals surface area contributed by atoms with Crippen molar-refractivity contribution in [3.8, 4) is 0 Å². The fourth-order valence-corrected chi connectivity index (χ4v) is 17.6. The Morgan fingerprint density at radius 3 is 1.20 bits per heavy atom. The fourth-order valence-electron chi connectivity index (χ4n) is 2.92. The first-order valence-corrected chi connectivity index (χ1v) is 27.5. The molecule has 0 aromatic heterocycles. The van der Waals surface area contributed by atoms with E-state index >= 15 is 0 Å². The molecule has 30 heavy (non-hydrogen) atoms. The van der Waals surface area contributed by atoms with Crippen LogP contribution in [0.2, 0.25) is 19.5 Å². The zero-order valence-electron chi connectivity index (χ0n) is 16.2. The van der Waals surface area contributed by atoms with Gasteiger partial charge in [-0.25, -0.2) is 0 Å². The molecule has 0 bridgehead atoms. The second-order valence-electron chi connectivity index (χ2n) is 7.34. The Bertz CT molecular complexity index is 1280. The number of fused-ring (bicyclic) bond motifs is 2. The summed E-state index contributed by atoms with van der Waals surface area (Å²) in [4.78, 5) is 6.19. The quantitative estimate of drug-likeness (QED) is 0.307. The topological polar surface area (TPSA) is 143 Å². The molecule has 0 saturated carbocycles. The van der Waals surface area contributed by atoms with E-state index in [1.165, 1.54) is 12.1 Å². The predicted octanol–water partition coefficient (Wildman–Crippen LogP) is 2.48. The van der Waals surface area contributed by atoms with Crippen LogP contribution in [0.1, 0.15) is 0 Å². The van der Waals surface area contributed by atoms with E-state index in [4.69, 9.17) is 0 Å². The van der Waals surface area contributed by atoms with Crippen LogP contribution in [0.25, 0.3) is 0 Å². The monoisotopic (exact) mass is 708 g/mol. The van der Waals surface area contributed by atoms with E-state index < -0.39 is 67.6 Å². The van der Waals surface area contributed by atoms with Crippen LogP contribution in [0.15, 0.2) is 53.6 Å². The van der Waals surface area contributed by atoms with E-state index in [0.29, 0.717) is 16.8 Å². The maximum atomic E-state index is 12.9. The molecule has 14 heteroatoms. The Hall–Kier alpha value is 0.196. The number of hydrogen-bond donors (Lipinski definition) is 2. The predicted molar refractivity (Wildman–Crippen MR) is 116 cm³/mol. The summed E-state index contributed by atoms with van der Waals surface area (Å²) in [6.45, 7) is 0. The van der Waals surface area contributed by atoms with Crippen molar-refractivity contribution in [2.75, 3.05) is 0 Å². The van der Waals surface area contributed by atoms with Crippen LogP contribution in [-0.4, -0.2) is 63.5 Å². The molecule has 0 fully saturated rings. The second kappa shape index (κ2) is 7.90. The van der Waals surface area contributed by atoms with Crippen LogP contribution in [0.5, 0.6) is 0 Å². The standard InChI is InChI=1S/C12H6O6S4.4CH3.2O.2Sb/c13-21(14,15)9-5-1-3-7-11(9)20-12-8(19-7)4-2-6-10(12)22(16,17)18;;;;;;;;/h1-2,5-6H,(H,13,14,15)(H,16,17,18);4*1H3;;;;. The van der Waals surface area contributed by atoms with Crippen molar-refractivity contribution in [3.63, 3.8) is 0 Å². The van der Waals surface area contributed by atoms with Gasteiger partial charge >= 0.3 is 193 Å². The molecule has 0 atom stereocenters. The maximum absolute atomic E-state index is 12.9. The van der Waals surface area contributed by atoms with Gasteiger partial charge in [0.25, 0.3) is 0 Å². The van der Waals surface area contributed by atoms with Gasteiger partial charge in [-0.2, -0.15) is 0 Å². The van der Waals surface area contributed by atoms with E-state index in [0.717, 1.165) is 35.7 Å². The van der Waals surface area contributed by atoms with Gasteiger partial charge < -0.3 is 0 Å². The van der Waals surface area contributed by atoms with Gasteiger partial charge in [0.1, 0.15) is 0 Å². The van der Waals surface area contributed by atoms with Gasteiger partial charge in [0.2, 0.25) is 0 Å². The van der Waals surface area contributed by atoms with Crippen LogP contribution < -0.4 is 7.02 Å². The van der Waals surface area contributed by atoms with Gasteiger partial charge in [-0.15, -0.1) is 0 Å². The number of hydrogen-bond acceptors (Lipinski definition) is 8. The van der Waals surface area contributed by atoms with Crippen molar-refractivity contribution in [1.29, 1.82) is 0 Å². The van der Waals surface area contributed by atoms with Crippen LogP contribution in [-0.2, 0) is 26.3 Å². The summed E-state index contributed by atoms with van der Waals surface area (Å²) in [5.74, 6) is 0. The average Bonchev–Trinajstić information content (AvgIpc) is 2.54. The summed E-state index contributed by atoms with van der Waals surface area (Å²) in [6.07, 6.45) is 0. The van der Waals surface area contributed by atoms with Crippen LogP contribution in [0.3, 0.4) is 0 Å². The van der Waals surface area contributed by atoms with Crippen molar-refractivity contribution in [2.24, 2.45) is 0 Å². The van der Waals surface area contributed by atoms with Crippen molar-refractivity contribution < 1.29 is 32.0 Å². The van der Waals surface area contributed by atoms with Gasteiger partial charge in [0, 0.05) is 0 Å². The summed E-state index contributed by atoms with van der Waals surface area (Å²) < 4.78 is 93.9. The first-order valence-electron chi connectivity index (χ1n) is 8.18. The van der Waals surface area contributed by atoms with Crippen molar-refractivity contribution in [3.05, 3.63) is 24.3 Å². The average molecular weight is 710 g/mol. The third-order valence-electron chi connectivity index (χ3n) is 4.23. The molecule has 1 aliphatic rings. The van der Waals surface area contributed by atoms with Gasteiger partial charge in [-0.3, -0.25) is 0 Å². The third kappa shape index (κ3) is 4.76. The summed E-state index contributed by atoms with van der Waals surface area (Å²) in [5.41, 5.74) is 0. The molecule has 2 aromatic carbocycles. The Kier molecular flexibility index (Phi) is 6.54. The molecule has 0 spiro atoms. The van der Waals surface area contributed by atoms with E-state index in [2.05, 4.69) is 0 Å². The van der Waals surface area contributed by atoms with E-state index in [1.807, 2.05) is 0 Å². The molecule has 0 radical (unpaired) electrons. The number of rotatable bonds is 4. The number of benzene rings is 2.